The van der Waals surface area contributed by atoms with Gasteiger partial charge in [0, 0.05) is 23.7 Å². The molecule has 0 fully saturated rings. The first kappa shape index (κ1) is 9.89. The Balaban J connectivity index is 2.37. The van der Waals surface area contributed by atoms with Crippen LogP contribution in [0.5, 0.6) is 0 Å². The highest BCUT2D eigenvalue weighted by atomic mass is 15.3. The quantitative estimate of drug-likeness (QED) is 0.666. The summed E-state index contributed by atoms with van der Waals surface area (Å²) >= 11 is 0. The van der Waals surface area contributed by atoms with E-state index < -0.39 is 0 Å². The highest BCUT2D eigenvalue weighted by Gasteiger charge is 2.13. The Bertz CT molecular complexity index is 692. The first-order valence-electron chi connectivity index (χ1n) is 5.40. The molecule has 0 amide bonds. The molecule has 3 aromatic rings. The summed E-state index contributed by atoms with van der Waals surface area (Å²) in [6, 6.07) is 6.00. The van der Waals surface area contributed by atoms with Gasteiger partial charge in [-0.25, -0.2) is 0 Å². The van der Waals surface area contributed by atoms with Gasteiger partial charge in [0.15, 0.2) is 0 Å². The monoisotopic (exact) mass is 227 g/mol. The van der Waals surface area contributed by atoms with Crippen molar-refractivity contribution in [1.82, 2.24) is 20.0 Å². The summed E-state index contributed by atoms with van der Waals surface area (Å²) in [5, 5.41) is 12.5. The van der Waals surface area contributed by atoms with E-state index in [1.165, 1.54) is 0 Å². The number of hydrogen-bond donors (Lipinski definition) is 2. The van der Waals surface area contributed by atoms with Crippen molar-refractivity contribution in [2.45, 2.75) is 6.92 Å². The van der Waals surface area contributed by atoms with E-state index in [4.69, 9.17) is 5.73 Å². The average molecular weight is 227 g/mol. The molecular formula is C12H13N5. The van der Waals surface area contributed by atoms with Crippen molar-refractivity contribution < 1.29 is 0 Å². The van der Waals surface area contributed by atoms with Crippen molar-refractivity contribution in [2.24, 2.45) is 7.05 Å². The number of H-pyrrole nitrogens is 1. The van der Waals surface area contributed by atoms with Gasteiger partial charge in [0.1, 0.15) is 5.82 Å². The number of aryl methyl sites for hydroxylation is 2. The van der Waals surface area contributed by atoms with Crippen LogP contribution in [0.1, 0.15) is 5.69 Å². The van der Waals surface area contributed by atoms with Gasteiger partial charge in [0.05, 0.1) is 11.7 Å². The van der Waals surface area contributed by atoms with Crippen molar-refractivity contribution in [3.8, 4) is 11.1 Å². The Kier molecular flexibility index (Phi) is 1.95. The number of nitrogen functional groups attached to an aromatic ring is 1. The summed E-state index contributed by atoms with van der Waals surface area (Å²) in [4.78, 5) is 0. The van der Waals surface area contributed by atoms with Gasteiger partial charge in [-0.15, -0.1) is 0 Å². The first-order valence-corrected chi connectivity index (χ1v) is 5.40. The van der Waals surface area contributed by atoms with E-state index in [0.717, 1.165) is 27.7 Å². The fourth-order valence-corrected chi connectivity index (χ4v) is 2.11. The van der Waals surface area contributed by atoms with Crippen molar-refractivity contribution in [2.75, 3.05) is 5.73 Å². The molecule has 0 radical (unpaired) electrons. The zero-order chi connectivity index (χ0) is 12.0. The van der Waals surface area contributed by atoms with Gasteiger partial charge < -0.3 is 5.73 Å². The minimum absolute atomic E-state index is 0.665. The average Bonchev–Trinajstić information content (AvgIpc) is 2.86. The Hall–Kier alpha value is -2.30. The van der Waals surface area contributed by atoms with Gasteiger partial charge in [-0.05, 0) is 18.6 Å². The van der Waals surface area contributed by atoms with E-state index in [1.807, 2.05) is 32.2 Å². The number of hydrogen-bond acceptors (Lipinski definition) is 3. The highest BCUT2D eigenvalue weighted by Crippen LogP contribution is 2.32. The predicted molar refractivity (Wildman–Crippen MR) is 67.4 cm³/mol. The number of nitrogens with zero attached hydrogens (tertiary/aromatic N) is 3. The van der Waals surface area contributed by atoms with Crippen LogP contribution in [0.15, 0.2) is 24.4 Å². The lowest BCUT2D eigenvalue weighted by molar-refractivity contribution is 0.779. The molecule has 0 atom stereocenters. The van der Waals surface area contributed by atoms with Gasteiger partial charge in [-0.1, -0.05) is 12.1 Å². The molecule has 0 bridgehead atoms. The number of fused-ring (bicyclic) bond motifs is 1. The number of nitrogens with two attached hydrogens (primary N) is 1. The van der Waals surface area contributed by atoms with Crippen LogP contribution in [0.25, 0.3) is 22.0 Å². The lowest BCUT2D eigenvalue weighted by Gasteiger charge is -2.03. The number of benzene rings is 1. The zero-order valence-electron chi connectivity index (χ0n) is 9.73. The Morgan fingerprint density at radius 2 is 2.12 bits per heavy atom. The second-order valence-corrected chi connectivity index (χ2v) is 4.12. The van der Waals surface area contributed by atoms with Gasteiger partial charge >= 0.3 is 0 Å². The first-order chi connectivity index (χ1) is 8.18. The summed E-state index contributed by atoms with van der Waals surface area (Å²) < 4.78 is 1.67. The van der Waals surface area contributed by atoms with Gasteiger partial charge in [-0.3, -0.25) is 9.78 Å². The van der Waals surface area contributed by atoms with Crippen molar-refractivity contribution in [3.05, 3.63) is 30.1 Å². The van der Waals surface area contributed by atoms with E-state index >= 15 is 0 Å². The van der Waals surface area contributed by atoms with Crippen LogP contribution < -0.4 is 5.73 Å². The third-order valence-corrected chi connectivity index (χ3v) is 3.04. The summed E-state index contributed by atoms with van der Waals surface area (Å²) in [5.41, 5.74) is 10.0. The van der Waals surface area contributed by atoms with Crippen LogP contribution >= 0.6 is 0 Å². The molecule has 3 N–H and O–H groups in total. The molecular weight excluding hydrogens is 214 g/mol. The molecule has 5 heteroatoms. The second-order valence-electron chi connectivity index (χ2n) is 4.12. The summed E-state index contributed by atoms with van der Waals surface area (Å²) in [5.74, 6) is 0.665. The standard InChI is InChI=1S/C12H13N5/c1-7-11-8(4-3-5-10(11)16-15-7)9-6-14-17(2)12(9)13/h3-6H,13H2,1-2H3,(H,15,16). The smallest absolute Gasteiger partial charge is 0.129 e. The van der Waals surface area contributed by atoms with Crippen LogP contribution in [0, 0.1) is 6.92 Å². The lowest BCUT2D eigenvalue weighted by atomic mass is 10.0. The summed E-state index contributed by atoms with van der Waals surface area (Å²) in [6.07, 6.45) is 1.79. The minimum Gasteiger partial charge on any atom is -0.383 e. The van der Waals surface area contributed by atoms with Crippen LogP contribution in [0.2, 0.25) is 0 Å². The molecule has 5 nitrogen and oxygen atoms in total. The second kappa shape index (κ2) is 3.35. The van der Waals surface area contributed by atoms with Gasteiger partial charge in [-0.2, -0.15) is 10.2 Å². The molecule has 2 heterocycles. The third kappa shape index (κ3) is 1.32. The zero-order valence-corrected chi connectivity index (χ0v) is 9.73. The normalized spacial score (nSPS) is 11.2. The number of rotatable bonds is 1. The van der Waals surface area contributed by atoms with E-state index in [-0.39, 0.29) is 0 Å². The van der Waals surface area contributed by atoms with E-state index in [9.17, 15) is 0 Å². The number of nitrogens with one attached hydrogen (secondary N) is 1. The van der Waals surface area contributed by atoms with Gasteiger partial charge in [0.25, 0.3) is 0 Å². The van der Waals surface area contributed by atoms with Gasteiger partial charge in [0.2, 0.25) is 0 Å². The molecule has 3 rings (SSSR count). The Labute approximate surface area is 98.2 Å². The van der Waals surface area contributed by atoms with Crippen LogP contribution in [0.4, 0.5) is 5.82 Å². The molecule has 0 aliphatic heterocycles. The van der Waals surface area contributed by atoms with E-state index in [2.05, 4.69) is 15.3 Å². The van der Waals surface area contributed by atoms with Crippen molar-refractivity contribution >= 4 is 16.7 Å². The van der Waals surface area contributed by atoms with E-state index in [1.54, 1.807) is 10.9 Å². The number of aromatic nitrogens is 4. The summed E-state index contributed by atoms with van der Waals surface area (Å²) in [7, 11) is 1.83. The maximum Gasteiger partial charge on any atom is 0.129 e. The third-order valence-electron chi connectivity index (χ3n) is 3.04. The van der Waals surface area contributed by atoms with Crippen LogP contribution in [-0.2, 0) is 7.05 Å². The maximum atomic E-state index is 6.01. The highest BCUT2D eigenvalue weighted by molar-refractivity contribution is 5.98. The van der Waals surface area contributed by atoms with Crippen molar-refractivity contribution in [3.63, 3.8) is 0 Å². The fraction of sp³-hybridized carbons (Fsp3) is 0.167. The molecule has 2 aromatic heterocycles. The number of aromatic amines is 1. The SMILES string of the molecule is Cc1[nH]nc2cccc(-c3cnn(C)c3N)c12. The van der Waals surface area contributed by atoms with Crippen LogP contribution in [0.3, 0.4) is 0 Å². The molecule has 86 valence electrons. The van der Waals surface area contributed by atoms with Crippen molar-refractivity contribution in [1.29, 1.82) is 0 Å². The minimum atomic E-state index is 0.665. The molecule has 0 saturated heterocycles. The predicted octanol–water partition coefficient (Wildman–Crippen LogP) is 1.85. The topological polar surface area (TPSA) is 72.5 Å². The summed E-state index contributed by atoms with van der Waals surface area (Å²) in [6.45, 7) is 2.01. The number of anilines is 1. The maximum absolute atomic E-state index is 6.01. The molecule has 0 aliphatic rings. The molecule has 0 saturated carbocycles. The van der Waals surface area contributed by atoms with E-state index in [0.29, 0.717) is 5.82 Å². The fourth-order valence-electron chi connectivity index (χ4n) is 2.11. The molecule has 17 heavy (non-hydrogen) atoms. The lowest BCUT2D eigenvalue weighted by Crippen LogP contribution is -1.98. The molecule has 1 aromatic carbocycles. The Morgan fingerprint density at radius 3 is 2.82 bits per heavy atom. The largest absolute Gasteiger partial charge is 0.383 e. The molecule has 0 aliphatic carbocycles. The van der Waals surface area contributed by atoms with Crippen LogP contribution in [-0.4, -0.2) is 20.0 Å². The molecule has 0 spiro atoms. The Morgan fingerprint density at radius 1 is 1.29 bits per heavy atom. The molecule has 0 unspecified atom stereocenters.